The van der Waals surface area contributed by atoms with E-state index in [4.69, 9.17) is 9.26 Å². The Morgan fingerprint density at radius 2 is 2.21 bits per heavy atom. The summed E-state index contributed by atoms with van der Waals surface area (Å²) >= 11 is 0. The van der Waals surface area contributed by atoms with E-state index < -0.39 is 0 Å². The fourth-order valence-electron chi connectivity index (χ4n) is 1.56. The van der Waals surface area contributed by atoms with E-state index in [2.05, 4.69) is 15.5 Å². The number of hydrogen-bond acceptors (Lipinski definition) is 5. The number of ether oxygens (including phenoxy) is 1. The summed E-state index contributed by atoms with van der Waals surface area (Å²) in [7, 11) is 0. The van der Waals surface area contributed by atoms with E-state index >= 15 is 0 Å². The second-order valence-corrected chi connectivity index (χ2v) is 3.88. The minimum atomic E-state index is -0.369. The summed E-state index contributed by atoms with van der Waals surface area (Å²) in [5.41, 5.74) is 0.327. The highest BCUT2D eigenvalue weighted by Crippen LogP contribution is 2.20. The van der Waals surface area contributed by atoms with Gasteiger partial charge < -0.3 is 14.6 Å². The van der Waals surface area contributed by atoms with Gasteiger partial charge in [0.15, 0.2) is 0 Å². The molecule has 0 bridgehead atoms. The summed E-state index contributed by atoms with van der Waals surface area (Å²) < 4.78 is 23.7. The molecule has 1 aromatic carbocycles. The molecule has 0 amide bonds. The number of anilines is 1. The van der Waals surface area contributed by atoms with Crippen molar-refractivity contribution in [2.45, 2.75) is 13.3 Å². The van der Waals surface area contributed by atoms with Crippen molar-refractivity contribution in [3.05, 3.63) is 30.1 Å². The molecule has 1 heterocycles. The van der Waals surface area contributed by atoms with Crippen LogP contribution in [0.25, 0.3) is 11.4 Å². The highest BCUT2D eigenvalue weighted by atomic mass is 19.1. The lowest BCUT2D eigenvalue weighted by Gasteiger charge is -2.00. The lowest BCUT2D eigenvalue weighted by atomic mass is 10.2. The van der Waals surface area contributed by atoms with Crippen LogP contribution in [0.5, 0.6) is 0 Å². The first-order valence-electron chi connectivity index (χ1n) is 6.21. The zero-order valence-electron chi connectivity index (χ0n) is 10.7. The molecule has 0 aliphatic carbocycles. The van der Waals surface area contributed by atoms with Crippen LogP contribution in [-0.4, -0.2) is 29.9 Å². The summed E-state index contributed by atoms with van der Waals surface area (Å²) in [5.74, 6) is -0.128. The van der Waals surface area contributed by atoms with Crippen LogP contribution in [0.15, 0.2) is 28.8 Å². The predicted molar refractivity (Wildman–Crippen MR) is 69.3 cm³/mol. The number of nitrogens with zero attached hydrogens (tertiary/aromatic N) is 2. The Balaban J connectivity index is 1.91. The Morgan fingerprint density at radius 3 is 3.00 bits per heavy atom. The predicted octanol–water partition coefficient (Wildman–Crippen LogP) is 2.71. The van der Waals surface area contributed by atoms with Crippen molar-refractivity contribution >= 4 is 6.01 Å². The Morgan fingerprint density at radius 1 is 1.37 bits per heavy atom. The molecule has 0 aliphatic heterocycles. The standard InChI is InChI=1S/C13H16FN3O2/c1-2-18-9-5-8-15-13-16-12(17-19-13)10-6-3-4-7-11(10)14/h3-4,6-7H,2,5,8-9H2,1H3,(H,15,16,17). The number of hydrogen-bond donors (Lipinski definition) is 1. The van der Waals surface area contributed by atoms with Crippen LogP contribution in [-0.2, 0) is 4.74 Å². The minimum Gasteiger partial charge on any atom is -0.382 e. The maximum absolute atomic E-state index is 13.5. The molecule has 0 saturated carbocycles. The fraction of sp³-hybridized carbons (Fsp3) is 0.385. The Kier molecular flexibility index (Phi) is 4.85. The maximum atomic E-state index is 13.5. The van der Waals surface area contributed by atoms with E-state index in [9.17, 15) is 4.39 Å². The van der Waals surface area contributed by atoms with Crippen molar-refractivity contribution in [2.24, 2.45) is 0 Å². The van der Waals surface area contributed by atoms with Crippen LogP contribution in [0.2, 0.25) is 0 Å². The number of aromatic nitrogens is 2. The number of halogens is 1. The largest absolute Gasteiger partial charge is 0.382 e. The first-order chi connectivity index (χ1) is 9.31. The fourth-order valence-corrected chi connectivity index (χ4v) is 1.56. The van der Waals surface area contributed by atoms with Gasteiger partial charge in [-0.15, -0.1) is 0 Å². The quantitative estimate of drug-likeness (QED) is 0.780. The Bertz CT molecular complexity index is 516. The smallest absolute Gasteiger partial charge is 0.321 e. The highest BCUT2D eigenvalue weighted by Gasteiger charge is 2.11. The summed E-state index contributed by atoms with van der Waals surface area (Å²) in [6.07, 6.45) is 0.839. The molecule has 1 aromatic heterocycles. The molecule has 2 aromatic rings. The van der Waals surface area contributed by atoms with Crippen LogP contribution >= 0.6 is 0 Å². The summed E-state index contributed by atoms with van der Waals surface area (Å²) in [5, 5.41) is 6.71. The molecule has 1 N–H and O–H groups in total. The molecule has 0 atom stereocenters. The summed E-state index contributed by atoms with van der Waals surface area (Å²) in [6.45, 7) is 4.00. The van der Waals surface area contributed by atoms with Crippen LogP contribution < -0.4 is 5.32 Å². The third-order valence-electron chi connectivity index (χ3n) is 2.49. The van der Waals surface area contributed by atoms with Gasteiger partial charge in [0.2, 0.25) is 5.82 Å². The molecule has 0 aliphatic rings. The molecule has 0 saturated heterocycles. The van der Waals surface area contributed by atoms with E-state index in [0.717, 1.165) is 6.42 Å². The van der Waals surface area contributed by atoms with Crippen molar-refractivity contribution in [1.82, 2.24) is 10.1 Å². The molecule has 0 fully saturated rings. The summed E-state index contributed by atoms with van der Waals surface area (Å²) in [6, 6.07) is 6.60. The third-order valence-corrected chi connectivity index (χ3v) is 2.49. The maximum Gasteiger partial charge on any atom is 0.321 e. The van der Waals surface area contributed by atoms with Crippen LogP contribution in [0.4, 0.5) is 10.4 Å². The van der Waals surface area contributed by atoms with E-state index in [1.807, 2.05) is 6.92 Å². The molecule has 102 valence electrons. The molecule has 5 nitrogen and oxygen atoms in total. The first kappa shape index (κ1) is 13.5. The van der Waals surface area contributed by atoms with E-state index in [1.54, 1.807) is 18.2 Å². The highest BCUT2D eigenvalue weighted by molar-refractivity contribution is 5.56. The number of benzene rings is 1. The zero-order chi connectivity index (χ0) is 13.5. The molecule has 0 spiro atoms. The molecule has 19 heavy (non-hydrogen) atoms. The molecule has 2 rings (SSSR count). The first-order valence-corrected chi connectivity index (χ1v) is 6.21. The van der Waals surface area contributed by atoms with Gasteiger partial charge in [-0.2, -0.15) is 4.98 Å². The second-order valence-electron chi connectivity index (χ2n) is 3.88. The topological polar surface area (TPSA) is 60.2 Å². The van der Waals surface area contributed by atoms with E-state index in [-0.39, 0.29) is 17.7 Å². The van der Waals surface area contributed by atoms with Crippen molar-refractivity contribution in [1.29, 1.82) is 0 Å². The van der Waals surface area contributed by atoms with Crippen LogP contribution in [0.3, 0.4) is 0 Å². The van der Waals surface area contributed by atoms with Gasteiger partial charge in [0.25, 0.3) is 0 Å². The van der Waals surface area contributed by atoms with Gasteiger partial charge in [-0.1, -0.05) is 17.3 Å². The average molecular weight is 265 g/mol. The molecule has 6 heteroatoms. The van der Waals surface area contributed by atoms with Gasteiger partial charge in [-0.25, -0.2) is 4.39 Å². The molecular weight excluding hydrogens is 249 g/mol. The third kappa shape index (κ3) is 3.75. The van der Waals surface area contributed by atoms with Gasteiger partial charge in [-0.05, 0) is 25.5 Å². The molecule has 0 radical (unpaired) electrons. The number of rotatable bonds is 7. The van der Waals surface area contributed by atoms with Gasteiger partial charge in [0.05, 0.1) is 5.56 Å². The molecule has 0 unspecified atom stereocenters. The van der Waals surface area contributed by atoms with Crippen molar-refractivity contribution in [3.8, 4) is 11.4 Å². The van der Waals surface area contributed by atoms with Crippen LogP contribution in [0, 0.1) is 5.82 Å². The normalized spacial score (nSPS) is 10.6. The minimum absolute atomic E-state index is 0.241. The van der Waals surface area contributed by atoms with Gasteiger partial charge in [-0.3, -0.25) is 0 Å². The van der Waals surface area contributed by atoms with Gasteiger partial charge in [0.1, 0.15) is 5.82 Å². The second kappa shape index (κ2) is 6.84. The lowest BCUT2D eigenvalue weighted by Crippen LogP contribution is -2.05. The monoisotopic (exact) mass is 265 g/mol. The SMILES string of the molecule is CCOCCCNc1nc(-c2ccccc2F)no1. The number of nitrogens with one attached hydrogen (secondary N) is 1. The summed E-state index contributed by atoms with van der Waals surface area (Å²) in [4.78, 5) is 4.09. The van der Waals surface area contributed by atoms with Crippen molar-refractivity contribution in [2.75, 3.05) is 25.1 Å². The average Bonchev–Trinajstić information content (AvgIpc) is 2.88. The lowest BCUT2D eigenvalue weighted by molar-refractivity contribution is 0.147. The van der Waals surface area contributed by atoms with Gasteiger partial charge in [0, 0.05) is 19.8 Å². The van der Waals surface area contributed by atoms with Crippen LogP contribution in [0.1, 0.15) is 13.3 Å². The van der Waals surface area contributed by atoms with E-state index in [0.29, 0.717) is 25.3 Å². The van der Waals surface area contributed by atoms with Gasteiger partial charge >= 0.3 is 6.01 Å². The van der Waals surface area contributed by atoms with Crippen molar-refractivity contribution in [3.63, 3.8) is 0 Å². The Labute approximate surface area is 110 Å². The van der Waals surface area contributed by atoms with E-state index in [1.165, 1.54) is 6.07 Å². The zero-order valence-corrected chi connectivity index (χ0v) is 10.7. The Hall–Kier alpha value is -1.95. The van der Waals surface area contributed by atoms with Crippen molar-refractivity contribution < 1.29 is 13.7 Å². The molecular formula is C13H16FN3O2.